The van der Waals surface area contributed by atoms with Gasteiger partial charge in [0.15, 0.2) is 12.4 Å². The zero-order valence-electron chi connectivity index (χ0n) is 13.8. The third kappa shape index (κ3) is 3.37. The third-order valence-electron chi connectivity index (χ3n) is 3.64. The number of fused-ring (bicyclic) bond motifs is 3. The molecule has 2 aromatic heterocycles. The number of hydrogen-bond donors (Lipinski definition) is 1. The van der Waals surface area contributed by atoms with Gasteiger partial charge in [0.2, 0.25) is 0 Å². The van der Waals surface area contributed by atoms with E-state index in [9.17, 15) is 27.9 Å². The first-order valence-corrected chi connectivity index (χ1v) is 7.67. The summed E-state index contributed by atoms with van der Waals surface area (Å²) in [5, 5.41) is 9.30. The number of furan rings is 1. The topological polar surface area (TPSA) is 98.9 Å². The number of ether oxygens (including phenoxy) is 2. The highest BCUT2D eigenvalue weighted by Crippen LogP contribution is 2.40. The lowest BCUT2D eigenvalue weighted by Gasteiger charge is -2.09. The normalized spacial score (nSPS) is 11.7. The molecule has 3 rings (SSSR count). The van der Waals surface area contributed by atoms with E-state index < -0.39 is 36.0 Å². The Hall–Kier alpha value is -3.30. The second-order valence-corrected chi connectivity index (χ2v) is 5.36. The van der Waals surface area contributed by atoms with E-state index in [0.29, 0.717) is 0 Å². The first-order chi connectivity index (χ1) is 12.7. The Balaban J connectivity index is 2.19. The largest absolute Gasteiger partial charge is 0.477 e. The molecule has 0 spiro atoms. The molecule has 0 unspecified atom stereocenters. The number of esters is 1. The molecule has 27 heavy (non-hydrogen) atoms. The fourth-order valence-electron chi connectivity index (χ4n) is 2.59. The molecular weight excluding hydrogens is 371 g/mol. The number of pyridine rings is 1. The molecule has 0 aliphatic carbocycles. The number of carboxylic acid groups (broad SMARTS) is 1. The third-order valence-corrected chi connectivity index (χ3v) is 3.64. The molecule has 0 amide bonds. The molecule has 0 bridgehead atoms. The smallest absolute Gasteiger partial charge is 0.418 e. The molecule has 0 aliphatic rings. The standard InChI is InChI=1S/C17H12F3NO6/c1-2-25-11(22)7-26-14-9-6-21-12-8(13(9)27-15(14)16(23)24)4-3-5-10(12)17(18,19)20/h3-6H,2,7H2,1H3,(H,23,24). The summed E-state index contributed by atoms with van der Waals surface area (Å²) in [4.78, 5) is 26.7. The van der Waals surface area contributed by atoms with Gasteiger partial charge in [-0.05, 0) is 19.1 Å². The van der Waals surface area contributed by atoms with Gasteiger partial charge >= 0.3 is 18.1 Å². The molecule has 3 aromatic rings. The first kappa shape index (κ1) is 18.5. The molecule has 0 aliphatic heterocycles. The van der Waals surface area contributed by atoms with Crippen LogP contribution in [0.25, 0.3) is 21.9 Å². The molecule has 7 nitrogen and oxygen atoms in total. The van der Waals surface area contributed by atoms with Crippen molar-refractivity contribution in [1.29, 1.82) is 0 Å². The van der Waals surface area contributed by atoms with E-state index in [0.717, 1.165) is 18.3 Å². The Bertz CT molecular complexity index is 1040. The van der Waals surface area contributed by atoms with Crippen LogP contribution in [0, 0.1) is 0 Å². The lowest BCUT2D eigenvalue weighted by atomic mass is 10.1. The maximum Gasteiger partial charge on any atom is 0.418 e. The van der Waals surface area contributed by atoms with Crippen LogP contribution in [0.1, 0.15) is 23.0 Å². The van der Waals surface area contributed by atoms with Gasteiger partial charge in [-0.25, -0.2) is 9.59 Å². The van der Waals surface area contributed by atoms with E-state index in [-0.39, 0.29) is 34.2 Å². The monoisotopic (exact) mass is 383 g/mol. The summed E-state index contributed by atoms with van der Waals surface area (Å²) in [6.07, 6.45) is -3.63. The predicted molar refractivity (Wildman–Crippen MR) is 85.6 cm³/mol. The number of carboxylic acids is 1. The Morgan fingerprint density at radius 1 is 1.26 bits per heavy atom. The number of nitrogens with zero attached hydrogens (tertiary/aromatic N) is 1. The van der Waals surface area contributed by atoms with Gasteiger partial charge in [-0.2, -0.15) is 13.2 Å². The number of hydrogen-bond acceptors (Lipinski definition) is 6. The molecule has 10 heteroatoms. The van der Waals surface area contributed by atoms with E-state index in [1.54, 1.807) is 6.92 Å². The zero-order chi connectivity index (χ0) is 19.8. The van der Waals surface area contributed by atoms with Crippen molar-refractivity contribution in [2.24, 2.45) is 0 Å². The molecule has 0 saturated carbocycles. The van der Waals surface area contributed by atoms with Crippen molar-refractivity contribution < 1.29 is 41.8 Å². The van der Waals surface area contributed by atoms with Crippen molar-refractivity contribution in [2.45, 2.75) is 13.1 Å². The van der Waals surface area contributed by atoms with Crippen molar-refractivity contribution in [3.05, 3.63) is 35.7 Å². The number of aromatic carboxylic acids is 1. The number of alkyl halides is 3. The minimum atomic E-state index is -4.65. The predicted octanol–water partition coefficient (Wildman–Crippen LogP) is 3.64. The molecular formula is C17H12F3NO6. The quantitative estimate of drug-likeness (QED) is 0.672. The highest BCUT2D eigenvalue weighted by molar-refractivity contribution is 6.08. The molecule has 0 atom stereocenters. The Morgan fingerprint density at radius 3 is 2.63 bits per heavy atom. The minimum Gasteiger partial charge on any atom is -0.477 e. The van der Waals surface area contributed by atoms with Crippen LogP contribution in [0.2, 0.25) is 0 Å². The second kappa shape index (κ2) is 6.78. The Labute approximate surface area is 149 Å². The molecule has 0 radical (unpaired) electrons. The maximum atomic E-state index is 13.2. The van der Waals surface area contributed by atoms with E-state index in [1.165, 1.54) is 6.07 Å². The molecule has 142 valence electrons. The van der Waals surface area contributed by atoms with Gasteiger partial charge in [0.05, 0.1) is 23.1 Å². The van der Waals surface area contributed by atoms with Crippen LogP contribution >= 0.6 is 0 Å². The molecule has 1 N–H and O–H groups in total. The minimum absolute atomic E-state index is 0.0310. The average molecular weight is 383 g/mol. The first-order valence-electron chi connectivity index (χ1n) is 7.67. The van der Waals surface area contributed by atoms with E-state index in [1.807, 2.05) is 0 Å². The molecule has 1 aromatic carbocycles. The number of para-hydroxylation sites is 1. The molecule has 0 saturated heterocycles. The van der Waals surface area contributed by atoms with Crippen molar-refractivity contribution in [2.75, 3.05) is 13.2 Å². The second-order valence-electron chi connectivity index (χ2n) is 5.36. The van der Waals surface area contributed by atoms with Gasteiger partial charge in [-0.1, -0.05) is 6.07 Å². The SMILES string of the molecule is CCOC(=O)COc1c(C(=O)O)oc2c1cnc1c(C(F)(F)F)cccc12. The van der Waals surface area contributed by atoms with Crippen LogP contribution in [-0.2, 0) is 15.7 Å². The van der Waals surface area contributed by atoms with Gasteiger partial charge in [0.25, 0.3) is 5.76 Å². The number of carbonyl (C=O) groups is 2. The van der Waals surface area contributed by atoms with Crippen molar-refractivity contribution in [3.8, 4) is 5.75 Å². The van der Waals surface area contributed by atoms with E-state index in [2.05, 4.69) is 4.98 Å². The van der Waals surface area contributed by atoms with Crippen molar-refractivity contribution in [1.82, 2.24) is 4.98 Å². The van der Waals surface area contributed by atoms with Crippen molar-refractivity contribution in [3.63, 3.8) is 0 Å². The van der Waals surface area contributed by atoms with Gasteiger partial charge in [0, 0.05) is 11.6 Å². The summed E-state index contributed by atoms with van der Waals surface area (Å²) in [7, 11) is 0. The summed E-state index contributed by atoms with van der Waals surface area (Å²) < 4.78 is 54.7. The van der Waals surface area contributed by atoms with Crippen LogP contribution in [0.4, 0.5) is 13.2 Å². The van der Waals surface area contributed by atoms with Crippen molar-refractivity contribution >= 4 is 33.8 Å². The number of benzene rings is 1. The van der Waals surface area contributed by atoms with Crippen LogP contribution < -0.4 is 4.74 Å². The number of rotatable bonds is 5. The number of halogens is 3. The number of carbonyl (C=O) groups excluding carboxylic acids is 1. The van der Waals surface area contributed by atoms with Gasteiger partial charge in [0.1, 0.15) is 5.58 Å². The van der Waals surface area contributed by atoms with Gasteiger partial charge in [-0.3, -0.25) is 4.98 Å². The van der Waals surface area contributed by atoms with Crippen LogP contribution in [0.3, 0.4) is 0 Å². The lowest BCUT2D eigenvalue weighted by Crippen LogP contribution is -2.15. The molecule has 2 heterocycles. The summed E-state index contributed by atoms with van der Waals surface area (Å²) in [5.74, 6) is -3.21. The number of aromatic nitrogens is 1. The van der Waals surface area contributed by atoms with E-state index in [4.69, 9.17) is 13.9 Å². The summed E-state index contributed by atoms with van der Waals surface area (Å²) in [5.41, 5.74) is -1.51. The molecule has 0 fully saturated rings. The Morgan fingerprint density at radius 2 is 2.00 bits per heavy atom. The van der Waals surface area contributed by atoms with Crippen LogP contribution in [0.5, 0.6) is 5.75 Å². The lowest BCUT2D eigenvalue weighted by molar-refractivity contribution is -0.145. The summed E-state index contributed by atoms with van der Waals surface area (Å²) in [6, 6.07) is 3.35. The van der Waals surface area contributed by atoms with Crippen LogP contribution in [-0.4, -0.2) is 35.2 Å². The highest BCUT2D eigenvalue weighted by Gasteiger charge is 2.34. The van der Waals surface area contributed by atoms with Crippen LogP contribution in [0.15, 0.2) is 28.8 Å². The fraction of sp³-hybridized carbons (Fsp3) is 0.235. The maximum absolute atomic E-state index is 13.2. The highest BCUT2D eigenvalue weighted by atomic mass is 19.4. The van der Waals surface area contributed by atoms with Gasteiger partial charge < -0.3 is 19.0 Å². The average Bonchev–Trinajstić information content (AvgIpc) is 2.98. The zero-order valence-corrected chi connectivity index (χ0v) is 13.8. The Kier molecular flexibility index (Phi) is 4.64. The fourth-order valence-corrected chi connectivity index (χ4v) is 2.59. The van der Waals surface area contributed by atoms with E-state index >= 15 is 0 Å². The summed E-state index contributed by atoms with van der Waals surface area (Å²) in [6.45, 7) is 1.10. The van der Waals surface area contributed by atoms with Gasteiger partial charge in [-0.15, -0.1) is 0 Å². The summed E-state index contributed by atoms with van der Waals surface area (Å²) >= 11 is 0.